The van der Waals surface area contributed by atoms with Gasteiger partial charge in [-0.1, -0.05) is 26.0 Å². The zero-order chi connectivity index (χ0) is 13.5. The van der Waals surface area contributed by atoms with Crippen LogP contribution in [-0.2, 0) is 4.74 Å². The Morgan fingerprint density at radius 2 is 1.95 bits per heavy atom. The Bertz CT molecular complexity index is 400. The maximum atomic E-state index is 5.84. The summed E-state index contributed by atoms with van der Waals surface area (Å²) in [5.41, 5.74) is 0.201. The summed E-state index contributed by atoms with van der Waals surface area (Å²) in [4.78, 5) is 4.38. The molecule has 0 spiro atoms. The normalized spacial score (nSPS) is 35.1. The average Bonchev–Trinajstić information content (AvgIpc) is 3.04. The third-order valence-electron chi connectivity index (χ3n) is 4.97. The van der Waals surface area contributed by atoms with Gasteiger partial charge in [0.15, 0.2) is 5.96 Å². The van der Waals surface area contributed by atoms with E-state index in [1.54, 1.807) is 0 Å². The summed E-state index contributed by atoms with van der Waals surface area (Å²) in [6.07, 6.45) is 8.27. The summed E-state index contributed by atoms with van der Waals surface area (Å²) in [7, 11) is 1.85. The van der Waals surface area contributed by atoms with Crippen molar-refractivity contribution in [1.82, 2.24) is 10.6 Å². The molecule has 1 saturated heterocycles. The fourth-order valence-electron chi connectivity index (χ4n) is 3.86. The molecule has 2 aliphatic carbocycles. The van der Waals surface area contributed by atoms with E-state index in [2.05, 4.69) is 41.6 Å². The number of nitrogens with zero attached hydrogens (tertiary/aromatic N) is 1. The largest absolute Gasteiger partial charge is 0.377 e. The van der Waals surface area contributed by atoms with Gasteiger partial charge in [0.05, 0.1) is 6.10 Å². The molecule has 20 heavy (non-hydrogen) atoms. The number of hydrogen-bond donors (Lipinski definition) is 2. The zero-order valence-corrected chi connectivity index (χ0v) is 14.9. The maximum Gasteiger partial charge on any atom is 0.191 e. The lowest BCUT2D eigenvalue weighted by molar-refractivity contribution is -0.106. The van der Waals surface area contributed by atoms with Gasteiger partial charge in [0.25, 0.3) is 0 Å². The molecule has 0 radical (unpaired) electrons. The SMILES string of the molecule is CN=C(NC1CC=CC1)NC1C2CCOC2C1(C)C.I. The number of guanidine groups is 1. The predicted molar refractivity (Wildman–Crippen MR) is 92.6 cm³/mol. The van der Waals surface area contributed by atoms with Crippen LogP contribution in [0.5, 0.6) is 0 Å². The zero-order valence-electron chi connectivity index (χ0n) is 12.6. The van der Waals surface area contributed by atoms with E-state index in [0.29, 0.717) is 24.1 Å². The summed E-state index contributed by atoms with van der Waals surface area (Å²) in [5.74, 6) is 1.59. The highest BCUT2D eigenvalue weighted by atomic mass is 127. The fourth-order valence-corrected chi connectivity index (χ4v) is 3.86. The van der Waals surface area contributed by atoms with Gasteiger partial charge in [0.1, 0.15) is 0 Å². The lowest BCUT2D eigenvalue weighted by atomic mass is 9.57. The Balaban J connectivity index is 0.00000147. The summed E-state index contributed by atoms with van der Waals surface area (Å²) >= 11 is 0. The van der Waals surface area contributed by atoms with E-state index >= 15 is 0 Å². The molecule has 3 atom stereocenters. The van der Waals surface area contributed by atoms with Crippen LogP contribution < -0.4 is 10.6 Å². The maximum absolute atomic E-state index is 5.84. The molecule has 0 aromatic carbocycles. The number of fused-ring (bicyclic) bond motifs is 1. The highest BCUT2D eigenvalue weighted by Crippen LogP contribution is 2.52. The summed E-state index contributed by atoms with van der Waals surface area (Å²) in [6.45, 7) is 5.50. The highest BCUT2D eigenvalue weighted by molar-refractivity contribution is 14.0. The number of halogens is 1. The van der Waals surface area contributed by atoms with Crippen LogP contribution in [0.15, 0.2) is 17.1 Å². The first-order chi connectivity index (χ1) is 9.13. The summed E-state index contributed by atoms with van der Waals surface area (Å²) in [5, 5.41) is 7.14. The molecular weight excluding hydrogens is 365 g/mol. The van der Waals surface area contributed by atoms with Crippen LogP contribution in [0, 0.1) is 11.3 Å². The Hall–Kier alpha value is -0.300. The van der Waals surface area contributed by atoms with E-state index in [-0.39, 0.29) is 29.4 Å². The van der Waals surface area contributed by atoms with Crippen LogP contribution in [0.3, 0.4) is 0 Å². The van der Waals surface area contributed by atoms with Gasteiger partial charge in [-0.2, -0.15) is 0 Å². The third-order valence-corrected chi connectivity index (χ3v) is 4.97. The van der Waals surface area contributed by atoms with E-state index < -0.39 is 0 Å². The second-order valence-electron chi connectivity index (χ2n) is 6.54. The third kappa shape index (κ3) is 2.71. The smallest absolute Gasteiger partial charge is 0.191 e. The molecule has 0 aromatic heterocycles. The van der Waals surface area contributed by atoms with Crippen molar-refractivity contribution in [3.8, 4) is 0 Å². The van der Waals surface area contributed by atoms with Crippen molar-refractivity contribution < 1.29 is 4.74 Å². The molecule has 1 heterocycles. The molecule has 3 unspecified atom stereocenters. The number of rotatable bonds is 2. The minimum Gasteiger partial charge on any atom is -0.377 e. The number of ether oxygens (including phenoxy) is 1. The van der Waals surface area contributed by atoms with Gasteiger partial charge < -0.3 is 15.4 Å². The highest BCUT2D eigenvalue weighted by Gasteiger charge is 2.59. The van der Waals surface area contributed by atoms with Crippen molar-refractivity contribution in [2.45, 2.75) is 51.3 Å². The van der Waals surface area contributed by atoms with Gasteiger partial charge in [0.2, 0.25) is 0 Å². The number of hydrogen-bond acceptors (Lipinski definition) is 2. The average molecular weight is 391 g/mol. The van der Waals surface area contributed by atoms with E-state index in [0.717, 1.165) is 25.4 Å². The predicted octanol–water partition coefficient (Wildman–Crippen LogP) is 2.30. The first-order valence-electron chi connectivity index (χ1n) is 7.39. The van der Waals surface area contributed by atoms with Crippen LogP contribution >= 0.6 is 24.0 Å². The molecule has 114 valence electrons. The molecule has 1 saturated carbocycles. The van der Waals surface area contributed by atoms with Gasteiger partial charge in [-0.15, -0.1) is 24.0 Å². The second kappa shape index (κ2) is 6.22. The van der Waals surface area contributed by atoms with Crippen molar-refractivity contribution >= 4 is 29.9 Å². The Labute approximate surface area is 138 Å². The molecule has 0 amide bonds. The minimum atomic E-state index is 0. The van der Waals surface area contributed by atoms with Crippen LogP contribution in [0.2, 0.25) is 0 Å². The van der Waals surface area contributed by atoms with Crippen LogP contribution in [0.1, 0.15) is 33.1 Å². The van der Waals surface area contributed by atoms with Crippen LogP contribution in [-0.4, -0.2) is 37.8 Å². The van der Waals surface area contributed by atoms with Gasteiger partial charge >= 0.3 is 0 Å². The molecule has 0 aromatic rings. The Kier molecular flexibility index (Phi) is 5.00. The molecule has 2 fully saturated rings. The lowest BCUT2D eigenvalue weighted by Gasteiger charge is -2.55. The minimum absolute atomic E-state index is 0. The molecule has 0 bridgehead atoms. The quantitative estimate of drug-likeness (QED) is 0.329. The van der Waals surface area contributed by atoms with E-state index in [1.807, 2.05) is 7.05 Å². The van der Waals surface area contributed by atoms with Gasteiger partial charge in [0, 0.05) is 37.1 Å². The molecule has 3 aliphatic rings. The van der Waals surface area contributed by atoms with Crippen molar-refractivity contribution in [1.29, 1.82) is 0 Å². The monoisotopic (exact) mass is 391 g/mol. The molecule has 2 N–H and O–H groups in total. The van der Waals surface area contributed by atoms with Crippen LogP contribution in [0.25, 0.3) is 0 Å². The van der Waals surface area contributed by atoms with Gasteiger partial charge in [-0.3, -0.25) is 4.99 Å². The standard InChI is InChI=1S/C15H25N3O.HI/c1-15(2)12(11-8-9-19-13(11)15)18-14(16-3)17-10-6-4-5-7-10;/h4-5,10-13H,6-9H2,1-3H3,(H2,16,17,18);1H. The fraction of sp³-hybridized carbons (Fsp3) is 0.800. The first-order valence-corrected chi connectivity index (χ1v) is 7.39. The Morgan fingerprint density at radius 3 is 2.60 bits per heavy atom. The number of aliphatic imine (C=N–C) groups is 1. The molecule has 3 rings (SSSR count). The van der Waals surface area contributed by atoms with E-state index in [9.17, 15) is 0 Å². The molecule has 1 aliphatic heterocycles. The van der Waals surface area contributed by atoms with Crippen molar-refractivity contribution in [3.63, 3.8) is 0 Å². The van der Waals surface area contributed by atoms with E-state index in [1.165, 1.54) is 6.42 Å². The summed E-state index contributed by atoms with van der Waals surface area (Å²) in [6, 6.07) is 0.977. The molecule has 4 nitrogen and oxygen atoms in total. The molecular formula is C15H26IN3O. The van der Waals surface area contributed by atoms with Gasteiger partial charge in [-0.05, 0) is 19.3 Å². The van der Waals surface area contributed by atoms with Crippen LogP contribution in [0.4, 0.5) is 0 Å². The van der Waals surface area contributed by atoms with Crippen molar-refractivity contribution in [2.75, 3.05) is 13.7 Å². The lowest BCUT2D eigenvalue weighted by Crippen LogP contribution is -2.68. The second-order valence-corrected chi connectivity index (χ2v) is 6.54. The Morgan fingerprint density at radius 1 is 1.25 bits per heavy atom. The molecule has 5 heteroatoms. The first kappa shape index (κ1) is 16.1. The number of nitrogens with one attached hydrogen (secondary N) is 2. The van der Waals surface area contributed by atoms with E-state index in [4.69, 9.17) is 4.74 Å². The van der Waals surface area contributed by atoms with Crippen molar-refractivity contribution in [3.05, 3.63) is 12.2 Å². The topological polar surface area (TPSA) is 45.7 Å². The summed E-state index contributed by atoms with van der Waals surface area (Å²) < 4.78 is 5.84. The van der Waals surface area contributed by atoms with Gasteiger partial charge in [-0.25, -0.2) is 0 Å². The van der Waals surface area contributed by atoms with Crippen molar-refractivity contribution in [2.24, 2.45) is 16.3 Å².